The van der Waals surface area contributed by atoms with E-state index in [-0.39, 0.29) is 11.7 Å². The number of hydrogen-bond donors (Lipinski definition) is 1. The third-order valence-corrected chi connectivity index (χ3v) is 4.27. The number of likely N-dealkylation sites (tertiary alicyclic amines) is 1. The number of carbonyl (C=O) groups excluding carboxylic acids is 1. The highest BCUT2D eigenvalue weighted by Gasteiger charge is 2.24. The van der Waals surface area contributed by atoms with Crippen molar-refractivity contribution in [2.24, 2.45) is 0 Å². The van der Waals surface area contributed by atoms with Gasteiger partial charge in [-0.25, -0.2) is 9.18 Å². The molecule has 1 aromatic carbocycles. The number of H-pyrrole nitrogens is 1. The molecule has 24 heavy (non-hydrogen) atoms. The Kier molecular flexibility index (Phi) is 5.14. The van der Waals surface area contributed by atoms with Crippen molar-refractivity contribution in [1.29, 1.82) is 0 Å². The minimum atomic E-state index is -0.422. The molecule has 8 heteroatoms. The first-order chi connectivity index (χ1) is 11.7. The number of benzene rings is 1. The molecule has 0 atom stereocenters. The van der Waals surface area contributed by atoms with Crippen LogP contribution in [0.1, 0.15) is 47.4 Å². The molecule has 0 bridgehead atoms. The number of aromatic amines is 1. The summed E-state index contributed by atoms with van der Waals surface area (Å²) >= 11 is 0. The normalized spacial score (nSPS) is 16.2. The van der Waals surface area contributed by atoms with Gasteiger partial charge in [-0.3, -0.25) is 4.90 Å². The van der Waals surface area contributed by atoms with Crippen molar-refractivity contribution in [3.05, 3.63) is 41.0 Å². The maximum Gasteiger partial charge on any atom is 0.338 e. The Hall–Kier alpha value is -2.35. The smallest absolute Gasteiger partial charge is 0.338 e. The Morgan fingerprint density at radius 1 is 1.42 bits per heavy atom. The van der Waals surface area contributed by atoms with E-state index in [1.807, 2.05) is 0 Å². The predicted octanol–water partition coefficient (Wildman–Crippen LogP) is 1.90. The van der Waals surface area contributed by atoms with E-state index < -0.39 is 5.97 Å². The monoisotopic (exact) mass is 333 g/mol. The summed E-state index contributed by atoms with van der Waals surface area (Å²) in [5.74, 6) is 0.304. The van der Waals surface area contributed by atoms with E-state index in [2.05, 4.69) is 25.5 Å². The molecule has 3 rings (SSSR count). The van der Waals surface area contributed by atoms with E-state index in [1.165, 1.54) is 12.1 Å². The minimum Gasteiger partial charge on any atom is -0.462 e. The lowest BCUT2D eigenvalue weighted by Crippen LogP contribution is -2.33. The van der Waals surface area contributed by atoms with E-state index in [9.17, 15) is 9.18 Å². The molecule has 1 saturated heterocycles. The van der Waals surface area contributed by atoms with E-state index in [4.69, 9.17) is 4.74 Å². The second kappa shape index (κ2) is 7.48. The van der Waals surface area contributed by atoms with Gasteiger partial charge in [0.05, 0.1) is 12.2 Å². The highest BCUT2D eigenvalue weighted by Crippen LogP contribution is 2.26. The lowest BCUT2D eigenvalue weighted by atomic mass is 9.96. The molecule has 1 aliphatic rings. The molecule has 0 radical (unpaired) electrons. The quantitative estimate of drug-likeness (QED) is 0.841. The summed E-state index contributed by atoms with van der Waals surface area (Å²) in [5, 5.41) is 14.1. The number of esters is 1. The van der Waals surface area contributed by atoms with Crippen LogP contribution in [0.5, 0.6) is 0 Å². The number of hydrogen-bond acceptors (Lipinski definition) is 6. The van der Waals surface area contributed by atoms with Gasteiger partial charge < -0.3 is 4.74 Å². The molecule has 2 aromatic rings. The number of rotatable bonds is 5. The number of piperidine rings is 1. The number of ether oxygens (including phenoxy) is 1. The van der Waals surface area contributed by atoms with Crippen molar-refractivity contribution in [2.75, 3.05) is 19.7 Å². The van der Waals surface area contributed by atoms with Crippen LogP contribution in [0.25, 0.3) is 0 Å². The minimum absolute atomic E-state index is 0.288. The van der Waals surface area contributed by atoms with Gasteiger partial charge >= 0.3 is 5.97 Å². The van der Waals surface area contributed by atoms with Crippen molar-refractivity contribution in [3.8, 4) is 0 Å². The Morgan fingerprint density at radius 3 is 2.88 bits per heavy atom. The Labute approximate surface area is 139 Å². The molecule has 0 saturated carbocycles. The van der Waals surface area contributed by atoms with Crippen LogP contribution in [0.3, 0.4) is 0 Å². The largest absolute Gasteiger partial charge is 0.462 e. The third-order valence-electron chi connectivity index (χ3n) is 4.27. The molecule has 2 heterocycles. The first kappa shape index (κ1) is 16.5. The van der Waals surface area contributed by atoms with Gasteiger partial charge in [0.2, 0.25) is 0 Å². The summed E-state index contributed by atoms with van der Waals surface area (Å²) in [4.78, 5) is 14.0. The number of halogens is 1. The average Bonchev–Trinajstić information content (AvgIpc) is 3.12. The van der Waals surface area contributed by atoms with Crippen LogP contribution in [-0.4, -0.2) is 51.2 Å². The van der Waals surface area contributed by atoms with Gasteiger partial charge in [0.25, 0.3) is 0 Å². The summed E-state index contributed by atoms with van der Waals surface area (Å²) in [6, 6.07) is 4.37. The van der Waals surface area contributed by atoms with Crippen LogP contribution in [0.4, 0.5) is 4.39 Å². The number of tetrazole rings is 1. The van der Waals surface area contributed by atoms with Crippen LogP contribution in [0, 0.1) is 5.82 Å². The molecule has 7 nitrogen and oxygen atoms in total. The summed E-state index contributed by atoms with van der Waals surface area (Å²) < 4.78 is 19.0. The maximum atomic E-state index is 14.1. The molecule has 0 aliphatic carbocycles. The molecule has 0 unspecified atom stereocenters. The summed E-state index contributed by atoms with van der Waals surface area (Å²) in [7, 11) is 0. The van der Waals surface area contributed by atoms with Crippen molar-refractivity contribution in [1.82, 2.24) is 25.5 Å². The van der Waals surface area contributed by atoms with Crippen molar-refractivity contribution in [3.63, 3.8) is 0 Å². The predicted molar refractivity (Wildman–Crippen MR) is 83.8 cm³/mol. The molecular weight excluding hydrogens is 313 g/mol. The highest BCUT2D eigenvalue weighted by molar-refractivity contribution is 5.89. The van der Waals surface area contributed by atoms with Crippen LogP contribution < -0.4 is 0 Å². The van der Waals surface area contributed by atoms with Gasteiger partial charge in [0.1, 0.15) is 5.82 Å². The van der Waals surface area contributed by atoms with Crippen molar-refractivity contribution < 1.29 is 13.9 Å². The van der Waals surface area contributed by atoms with Crippen molar-refractivity contribution >= 4 is 5.97 Å². The molecule has 128 valence electrons. The molecule has 0 amide bonds. The van der Waals surface area contributed by atoms with E-state index in [1.54, 1.807) is 13.0 Å². The summed E-state index contributed by atoms with van der Waals surface area (Å²) in [6.07, 6.45) is 1.80. The van der Waals surface area contributed by atoms with E-state index in [0.717, 1.165) is 31.8 Å². The Balaban J connectivity index is 1.62. The zero-order valence-electron chi connectivity index (χ0n) is 13.5. The van der Waals surface area contributed by atoms with Gasteiger partial charge in [-0.15, -0.1) is 10.2 Å². The maximum absolute atomic E-state index is 14.1. The topological polar surface area (TPSA) is 84.0 Å². The molecule has 1 fully saturated rings. The van der Waals surface area contributed by atoms with E-state index >= 15 is 0 Å². The van der Waals surface area contributed by atoms with Crippen molar-refractivity contribution in [2.45, 2.75) is 32.2 Å². The average molecular weight is 333 g/mol. The van der Waals surface area contributed by atoms with Gasteiger partial charge in [-0.05, 0) is 51.1 Å². The fraction of sp³-hybridized carbons (Fsp3) is 0.500. The van der Waals surface area contributed by atoms with E-state index in [0.29, 0.717) is 24.3 Å². The van der Waals surface area contributed by atoms with Gasteiger partial charge in [0, 0.05) is 18.0 Å². The number of aromatic nitrogens is 4. The molecule has 0 spiro atoms. The number of nitrogens with one attached hydrogen (secondary N) is 1. The molecular formula is C16H20FN5O2. The summed E-state index contributed by atoms with van der Waals surface area (Å²) in [6.45, 7) is 4.16. The second-order valence-corrected chi connectivity index (χ2v) is 5.85. The molecule has 1 aromatic heterocycles. The zero-order valence-corrected chi connectivity index (χ0v) is 13.5. The number of nitrogens with zero attached hydrogens (tertiary/aromatic N) is 4. The first-order valence-corrected chi connectivity index (χ1v) is 8.08. The fourth-order valence-electron chi connectivity index (χ4n) is 2.97. The van der Waals surface area contributed by atoms with Crippen LogP contribution in [-0.2, 0) is 11.3 Å². The zero-order chi connectivity index (χ0) is 16.9. The molecule has 1 aliphatic heterocycles. The van der Waals surface area contributed by atoms with Crippen LogP contribution in [0.2, 0.25) is 0 Å². The molecule has 1 N–H and O–H groups in total. The fourth-order valence-corrected chi connectivity index (χ4v) is 2.97. The Bertz CT molecular complexity index is 684. The first-order valence-electron chi connectivity index (χ1n) is 8.08. The highest BCUT2D eigenvalue weighted by atomic mass is 19.1. The standard InChI is InChI=1S/C16H20FN5O2/c1-2-24-16(23)12-3-4-14(17)13(9-12)10-22-7-5-11(6-8-22)15-18-20-21-19-15/h3-4,9,11H,2,5-8,10H2,1H3,(H,18,19,20,21). The Morgan fingerprint density at radius 2 is 2.21 bits per heavy atom. The SMILES string of the molecule is CCOC(=O)c1ccc(F)c(CN2CCC(c3nn[nH]n3)CC2)c1. The number of carbonyl (C=O) groups is 1. The lowest BCUT2D eigenvalue weighted by Gasteiger charge is -2.30. The second-order valence-electron chi connectivity index (χ2n) is 5.85. The van der Waals surface area contributed by atoms with Crippen LogP contribution >= 0.6 is 0 Å². The van der Waals surface area contributed by atoms with Gasteiger partial charge in [-0.2, -0.15) is 5.21 Å². The third kappa shape index (κ3) is 3.76. The lowest BCUT2D eigenvalue weighted by molar-refractivity contribution is 0.0526. The summed E-state index contributed by atoms with van der Waals surface area (Å²) in [5.41, 5.74) is 0.897. The van der Waals surface area contributed by atoms with Crippen LogP contribution in [0.15, 0.2) is 18.2 Å². The van der Waals surface area contributed by atoms with Gasteiger partial charge in [-0.1, -0.05) is 5.21 Å². The van der Waals surface area contributed by atoms with Gasteiger partial charge in [0.15, 0.2) is 5.82 Å².